The minimum atomic E-state index is -0.0833. The van der Waals surface area contributed by atoms with Crippen LogP contribution in [0.5, 0.6) is 0 Å². The van der Waals surface area contributed by atoms with Gasteiger partial charge in [-0.3, -0.25) is 0 Å². The van der Waals surface area contributed by atoms with E-state index in [9.17, 15) is 4.39 Å². The molecule has 2 fully saturated rings. The van der Waals surface area contributed by atoms with Gasteiger partial charge in [0.1, 0.15) is 5.82 Å². The van der Waals surface area contributed by atoms with E-state index in [-0.39, 0.29) is 11.7 Å². The number of ether oxygens (including phenoxy) is 1. The van der Waals surface area contributed by atoms with E-state index < -0.39 is 0 Å². The highest BCUT2D eigenvalue weighted by atomic mass is 19.1. The molecule has 0 N–H and O–H groups in total. The van der Waals surface area contributed by atoms with Gasteiger partial charge in [0, 0.05) is 13.2 Å². The number of halogens is 1. The Morgan fingerprint density at radius 1 is 0.455 bits per heavy atom. The summed E-state index contributed by atoms with van der Waals surface area (Å²) in [6.45, 7) is 40.7. The zero-order chi connectivity index (χ0) is 50.3. The van der Waals surface area contributed by atoms with Crippen LogP contribution in [0.2, 0.25) is 0 Å². The molecule has 2 saturated carbocycles. The normalized spacial score (nSPS) is 12.3. The summed E-state index contributed by atoms with van der Waals surface area (Å²) < 4.78 is 18.4. The lowest BCUT2D eigenvalue weighted by Gasteiger charge is -2.06. The lowest BCUT2D eigenvalue weighted by molar-refractivity contribution is 0.124. The highest BCUT2D eigenvalue weighted by molar-refractivity contribution is 5.26. The lowest BCUT2D eigenvalue weighted by Crippen LogP contribution is -1.99. The molecular weight excluding hydrogens is 804 g/mol. The fraction of sp³-hybridized carbons (Fsp3) is 0.625. The van der Waals surface area contributed by atoms with Crippen LogP contribution in [-0.2, 0) is 4.74 Å². The van der Waals surface area contributed by atoms with Gasteiger partial charge in [0.25, 0.3) is 0 Å². The highest BCUT2D eigenvalue weighted by Gasteiger charge is 2.19. The van der Waals surface area contributed by atoms with E-state index in [1.807, 2.05) is 39.0 Å². The molecule has 0 atom stereocenters. The van der Waals surface area contributed by atoms with Crippen LogP contribution in [0.15, 0.2) is 97.1 Å². The van der Waals surface area contributed by atoms with Crippen LogP contribution in [0.25, 0.3) is 0 Å². The minimum absolute atomic E-state index is 0.0833. The smallest absolute Gasteiger partial charge is 0.126 e. The first-order valence-corrected chi connectivity index (χ1v) is 26.9. The van der Waals surface area contributed by atoms with Crippen LogP contribution < -0.4 is 0 Å². The zero-order valence-corrected chi connectivity index (χ0v) is 46.7. The van der Waals surface area contributed by atoms with Gasteiger partial charge in [0.15, 0.2) is 0 Å². The fourth-order valence-electron chi connectivity index (χ4n) is 6.12. The Hall–Kier alpha value is -3.23. The Labute approximate surface area is 412 Å². The van der Waals surface area contributed by atoms with Crippen molar-refractivity contribution >= 4 is 0 Å². The summed E-state index contributed by atoms with van der Waals surface area (Å²) in [6.07, 6.45) is 18.3. The predicted molar refractivity (Wildman–Crippen MR) is 297 cm³/mol. The summed E-state index contributed by atoms with van der Waals surface area (Å²) in [4.78, 5) is 0. The molecule has 376 valence electrons. The summed E-state index contributed by atoms with van der Waals surface area (Å²) in [7, 11) is 0. The van der Waals surface area contributed by atoms with Crippen molar-refractivity contribution in [1.82, 2.24) is 0 Å². The Morgan fingerprint density at radius 2 is 0.879 bits per heavy atom. The topological polar surface area (TPSA) is 9.23 Å². The minimum Gasteiger partial charge on any atom is -0.381 e. The van der Waals surface area contributed by atoms with E-state index in [4.69, 9.17) is 4.74 Å². The number of benzene rings is 4. The van der Waals surface area contributed by atoms with Crippen molar-refractivity contribution in [1.29, 1.82) is 0 Å². The number of hydrogen-bond donors (Lipinski definition) is 0. The van der Waals surface area contributed by atoms with E-state index in [0.717, 1.165) is 48.5 Å². The van der Waals surface area contributed by atoms with E-state index >= 15 is 0 Å². The average molecular weight is 912 g/mol. The fourth-order valence-corrected chi connectivity index (χ4v) is 6.12. The van der Waals surface area contributed by atoms with Gasteiger partial charge in [0.2, 0.25) is 0 Å². The summed E-state index contributed by atoms with van der Waals surface area (Å²) in [5.74, 6) is 5.24. The molecule has 0 heterocycles. The molecule has 1 nitrogen and oxygen atoms in total. The molecule has 2 aliphatic rings. The van der Waals surface area contributed by atoms with Crippen molar-refractivity contribution < 1.29 is 9.13 Å². The van der Waals surface area contributed by atoms with E-state index in [2.05, 4.69) is 177 Å². The standard InChI is InChI=1S/C10H13F.2C10H14.C9H12.C8H18O.C7H14.C6H12.C4H10/c1-7(2)9-5-4-8(3)6-10(9)11;2*1-8(2)10-6-4-9(3)5-7-10;1-8(2)9-6-4-3-5-7-9;1-4-6-9-7-5-8(2)3;1-2-3-4-7-5-6-7;1-2-3-6-4-5-6;1-3-4-2/h4-7H,1-3H3;2*4-8H,1-3H3;3-8H,1-2H3;8H,4-7H2,1-3H3;7H,2-6H2,1H3;6H,2-5H2,1H3;3-4H2,1-2H3. The molecule has 2 heteroatoms. The molecule has 0 unspecified atom stereocenters. The van der Waals surface area contributed by atoms with Gasteiger partial charge in [0.05, 0.1) is 0 Å². The molecule has 0 aromatic heterocycles. The SMILES string of the molecule is CC(C)c1ccccc1.CCCC.CCCC1CC1.CCCCC1CC1.CCCOCCC(C)C.Cc1ccc(C(C)C)c(F)c1.Cc1ccc(C(C)C)cc1.Cc1ccc(C(C)C)cc1. The maximum Gasteiger partial charge on any atom is 0.126 e. The first-order valence-electron chi connectivity index (χ1n) is 26.9. The molecule has 0 saturated heterocycles. The molecule has 4 aromatic rings. The molecule has 6 rings (SSSR count). The van der Waals surface area contributed by atoms with E-state index in [1.54, 1.807) is 6.07 Å². The Balaban J connectivity index is 0. The third kappa shape index (κ3) is 39.9. The number of aryl methyl sites for hydroxylation is 3. The molecule has 0 radical (unpaired) electrons. The highest BCUT2D eigenvalue weighted by Crippen LogP contribution is 2.34. The van der Waals surface area contributed by atoms with E-state index in [1.165, 1.54) is 105 Å². The van der Waals surface area contributed by atoms with Crippen LogP contribution in [0.1, 0.15) is 250 Å². The third-order valence-corrected chi connectivity index (χ3v) is 11.5. The maximum atomic E-state index is 13.1. The second-order valence-electron chi connectivity index (χ2n) is 20.5. The molecule has 0 amide bonds. The average Bonchev–Trinajstić information content (AvgIpc) is 4.24. The van der Waals surface area contributed by atoms with Crippen LogP contribution in [0.3, 0.4) is 0 Å². The Bertz CT molecular complexity index is 1560. The number of hydrogen-bond acceptors (Lipinski definition) is 1. The first-order chi connectivity index (χ1) is 31.4. The van der Waals surface area contributed by atoms with Gasteiger partial charge in [-0.15, -0.1) is 0 Å². The van der Waals surface area contributed by atoms with Crippen molar-refractivity contribution in [2.45, 2.75) is 232 Å². The van der Waals surface area contributed by atoms with Crippen molar-refractivity contribution in [2.75, 3.05) is 13.2 Å². The van der Waals surface area contributed by atoms with Crippen LogP contribution >= 0.6 is 0 Å². The van der Waals surface area contributed by atoms with Crippen molar-refractivity contribution in [2.24, 2.45) is 17.8 Å². The van der Waals surface area contributed by atoms with Gasteiger partial charge in [-0.2, -0.15) is 0 Å². The zero-order valence-electron chi connectivity index (χ0n) is 46.7. The molecule has 4 aromatic carbocycles. The van der Waals surface area contributed by atoms with Gasteiger partial charge in [-0.25, -0.2) is 4.39 Å². The lowest BCUT2D eigenvalue weighted by atomic mass is 10.0. The quantitative estimate of drug-likeness (QED) is 0.108. The molecule has 0 bridgehead atoms. The summed E-state index contributed by atoms with van der Waals surface area (Å²) in [5, 5.41) is 0. The van der Waals surface area contributed by atoms with Crippen LogP contribution in [0.4, 0.5) is 4.39 Å². The van der Waals surface area contributed by atoms with Gasteiger partial charge in [-0.05, 0) is 109 Å². The van der Waals surface area contributed by atoms with Crippen LogP contribution in [0, 0.1) is 44.3 Å². The third-order valence-electron chi connectivity index (χ3n) is 11.5. The molecule has 66 heavy (non-hydrogen) atoms. The predicted octanol–water partition coefficient (Wildman–Crippen LogP) is 21.4. The van der Waals surface area contributed by atoms with E-state index in [0.29, 0.717) is 17.8 Å². The molecule has 2 aliphatic carbocycles. The van der Waals surface area contributed by atoms with Gasteiger partial charge in [-0.1, -0.05) is 277 Å². The number of unbranched alkanes of at least 4 members (excludes halogenated alkanes) is 2. The molecule has 0 aliphatic heterocycles. The second kappa shape index (κ2) is 41.9. The van der Waals surface area contributed by atoms with Crippen molar-refractivity contribution in [3.8, 4) is 0 Å². The monoisotopic (exact) mass is 911 g/mol. The summed E-state index contributed by atoms with van der Waals surface area (Å²) in [5.41, 5.74) is 8.71. The first kappa shape index (κ1) is 64.9. The largest absolute Gasteiger partial charge is 0.381 e. The number of rotatable bonds is 15. The van der Waals surface area contributed by atoms with Crippen molar-refractivity contribution in [3.63, 3.8) is 0 Å². The Morgan fingerprint density at radius 3 is 1.18 bits per heavy atom. The van der Waals surface area contributed by atoms with Gasteiger partial charge < -0.3 is 4.74 Å². The Kier molecular flexibility index (Phi) is 41.2. The van der Waals surface area contributed by atoms with Crippen LogP contribution in [-0.4, -0.2) is 13.2 Å². The van der Waals surface area contributed by atoms with Gasteiger partial charge >= 0.3 is 0 Å². The maximum absolute atomic E-state index is 13.1. The summed E-state index contributed by atoms with van der Waals surface area (Å²) in [6, 6.07) is 33.3. The second-order valence-corrected chi connectivity index (χ2v) is 20.5. The van der Waals surface area contributed by atoms with Crippen molar-refractivity contribution in [3.05, 3.63) is 142 Å². The molecule has 0 spiro atoms. The molecular formula is C64H107FO. The summed E-state index contributed by atoms with van der Waals surface area (Å²) >= 11 is 0.